The van der Waals surface area contributed by atoms with Gasteiger partial charge in [-0.05, 0) is 144 Å². The van der Waals surface area contributed by atoms with Gasteiger partial charge in [0.25, 0.3) is 0 Å². The maximum atomic E-state index is 13.3. The summed E-state index contributed by atoms with van der Waals surface area (Å²) in [6.07, 6.45) is 5.97. The van der Waals surface area contributed by atoms with Crippen molar-refractivity contribution in [1.82, 2.24) is 51.5 Å². The first kappa shape index (κ1) is 54.1. The number of fused-ring (bicyclic) bond motifs is 4. The summed E-state index contributed by atoms with van der Waals surface area (Å²) in [6, 6.07) is 28.7. The summed E-state index contributed by atoms with van der Waals surface area (Å²) in [5.74, 6) is 1.65. The van der Waals surface area contributed by atoms with Gasteiger partial charge in [-0.1, -0.05) is 24.3 Å². The van der Waals surface area contributed by atoms with Gasteiger partial charge in [0.05, 0.1) is 35.3 Å². The van der Waals surface area contributed by atoms with Crippen LogP contribution < -0.4 is 41.4 Å². The molecule has 4 atom stereocenters. The second-order valence-electron chi connectivity index (χ2n) is 21.5. The molecular formula is C60H74N12O6. The molecule has 10 rings (SSSR count). The highest BCUT2D eigenvalue weighted by Crippen LogP contribution is 2.41. The number of hydrogen-bond donors (Lipinski definition) is 6. The van der Waals surface area contributed by atoms with Crippen LogP contribution in [0.4, 0.5) is 9.59 Å². The molecule has 2 aliphatic carbocycles. The number of urea groups is 2. The van der Waals surface area contributed by atoms with Crippen molar-refractivity contribution in [2.24, 2.45) is 0 Å². The van der Waals surface area contributed by atoms with E-state index in [-0.39, 0.29) is 48.2 Å². The fraction of sp³-hybridized carbons (Fsp3) is 0.500. The molecule has 6 amide bonds. The van der Waals surface area contributed by atoms with Crippen LogP contribution in [-0.4, -0.2) is 147 Å². The predicted molar refractivity (Wildman–Crippen MR) is 295 cm³/mol. The Balaban J connectivity index is 0.575. The first-order valence-electron chi connectivity index (χ1n) is 28.3. The van der Waals surface area contributed by atoms with Gasteiger partial charge in [-0.2, -0.15) is 10.5 Å². The van der Waals surface area contributed by atoms with Crippen LogP contribution in [0.3, 0.4) is 0 Å². The Hall–Kier alpha value is -7.22. The molecule has 4 aromatic carbocycles. The van der Waals surface area contributed by atoms with Crippen molar-refractivity contribution in [1.29, 1.82) is 10.5 Å². The Bertz CT molecular complexity index is 2700. The molecule has 0 saturated carbocycles. The molecule has 4 aliphatic heterocycles. The van der Waals surface area contributed by atoms with Crippen LogP contribution in [0, 0.1) is 22.7 Å². The van der Waals surface area contributed by atoms with Gasteiger partial charge < -0.3 is 51.2 Å². The van der Waals surface area contributed by atoms with Gasteiger partial charge in [-0.25, -0.2) is 9.59 Å². The smallest absolute Gasteiger partial charge is 0.314 e. The molecule has 0 aromatic heterocycles. The lowest BCUT2D eigenvalue weighted by Crippen LogP contribution is -2.50. The molecule has 6 N–H and O–H groups in total. The normalized spacial score (nSPS) is 20.7. The highest BCUT2D eigenvalue weighted by Gasteiger charge is 2.40. The minimum absolute atomic E-state index is 0.0565. The third kappa shape index (κ3) is 13.4. The first-order chi connectivity index (χ1) is 38.2. The minimum atomic E-state index is -0.287. The van der Waals surface area contributed by atoms with Crippen LogP contribution >= 0.6 is 0 Å². The van der Waals surface area contributed by atoms with Gasteiger partial charge in [0.1, 0.15) is 23.7 Å². The Morgan fingerprint density at radius 2 is 0.897 bits per heavy atom. The van der Waals surface area contributed by atoms with E-state index in [1.54, 1.807) is 0 Å². The monoisotopic (exact) mass is 1060 g/mol. The van der Waals surface area contributed by atoms with Gasteiger partial charge >= 0.3 is 12.1 Å². The number of unbranched alkanes of at least 4 members (excludes halogenated alkanes) is 1. The Morgan fingerprint density at radius 1 is 0.500 bits per heavy atom. The molecule has 78 heavy (non-hydrogen) atoms. The van der Waals surface area contributed by atoms with Crippen molar-refractivity contribution in [3.63, 3.8) is 0 Å². The van der Waals surface area contributed by atoms with Crippen LogP contribution in [0.2, 0.25) is 0 Å². The summed E-state index contributed by atoms with van der Waals surface area (Å²) in [5, 5.41) is 37.6. The van der Waals surface area contributed by atoms with E-state index in [0.29, 0.717) is 102 Å². The maximum Gasteiger partial charge on any atom is 0.314 e. The lowest BCUT2D eigenvalue weighted by molar-refractivity contribution is -0.133. The lowest BCUT2D eigenvalue weighted by Gasteiger charge is -2.36. The molecule has 0 bridgehead atoms. The number of nitrogens with one attached hydrogen (secondary N) is 6. The van der Waals surface area contributed by atoms with Crippen molar-refractivity contribution < 1.29 is 28.7 Å². The number of ether oxygens (including phenoxy) is 2. The van der Waals surface area contributed by atoms with Gasteiger partial charge in [0, 0.05) is 118 Å². The summed E-state index contributed by atoms with van der Waals surface area (Å²) < 4.78 is 13.6. The summed E-state index contributed by atoms with van der Waals surface area (Å²) in [6.45, 7) is 11.5. The molecule has 18 heteroatoms. The molecule has 0 unspecified atom stereocenters. The molecule has 2 saturated heterocycles. The van der Waals surface area contributed by atoms with E-state index in [9.17, 15) is 29.7 Å². The molecule has 6 aliphatic rings. The Kier molecular flexibility index (Phi) is 18.0. The average molecular weight is 1060 g/mol. The molecule has 0 spiro atoms. The van der Waals surface area contributed by atoms with E-state index < -0.39 is 0 Å². The fourth-order valence-corrected chi connectivity index (χ4v) is 12.2. The SMILES string of the molecule is N#Cc1ccc2c(c1)[C@H](Oc1ccc3c(c1)CN(C(=O)CCCNC(=O)NCCCCNC(=O)NCCCC(=O)N1CCc4ccc(O[C@H]5c6cc(C#N)ccc6C[C@@H]5N5CCNCC5)cc4C1)CC3)[C@@H](N1CCNCC1)C2. The number of carbonyl (C=O) groups is 4. The number of benzene rings is 4. The third-order valence-electron chi connectivity index (χ3n) is 16.5. The molecule has 4 aromatic rings. The van der Waals surface area contributed by atoms with Gasteiger partial charge in [0.2, 0.25) is 11.8 Å². The Labute approximate surface area is 458 Å². The van der Waals surface area contributed by atoms with Crippen molar-refractivity contribution in [3.8, 4) is 23.6 Å². The standard InChI is InChI=1S/C60H74N12O6/c61-37-41-7-9-45-35-53(69-27-21-63-22-28-69)57(51(45)31-41)77-49-13-11-43-15-25-71(39-47(43)33-49)55(73)5-3-19-67-59(75)65-17-1-2-18-66-60(76)68-20-4-6-56(74)72-26-16-44-12-14-50(34-48(44)40-72)78-58-52-32-42(38-62)8-10-46(52)36-54(58)70-29-23-64-24-30-70/h7-14,31-34,53-54,57-58,63-64H,1-6,15-30,35-36,39-40H2,(H2,65,67,75)(H2,66,68,76)/t53-,54-,57-,58-/m0/s1. The molecule has 4 heterocycles. The quantitative estimate of drug-likeness (QED) is 0.0703. The van der Waals surface area contributed by atoms with Crippen molar-refractivity contribution >= 4 is 23.9 Å². The van der Waals surface area contributed by atoms with E-state index in [0.717, 1.165) is 112 Å². The highest BCUT2D eigenvalue weighted by atomic mass is 16.5. The van der Waals surface area contributed by atoms with E-state index in [2.05, 4.69) is 90.2 Å². The van der Waals surface area contributed by atoms with Crippen molar-refractivity contribution in [3.05, 3.63) is 128 Å². The van der Waals surface area contributed by atoms with E-state index in [1.807, 2.05) is 46.2 Å². The van der Waals surface area contributed by atoms with E-state index >= 15 is 0 Å². The summed E-state index contributed by atoms with van der Waals surface area (Å²) in [5.41, 5.74) is 10.5. The molecule has 410 valence electrons. The van der Waals surface area contributed by atoms with Gasteiger partial charge in [-0.3, -0.25) is 19.4 Å². The number of hydrogen-bond acceptors (Lipinski definition) is 12. The third-order valence-corrected chi connectivity index (χ3v) is 16.5. The van der Waals surface area contributed by atoms with Gasteiger partial charge in [0.15, 0.2) is 0 Å². The van der Waals surface area contributed by atoms with Crippen LogP contribution in [0.5, 0.6) is 11.5 Å². The zero-order chi connectivity index (χ0) is 53.8. The topological polar surface area (TPSA) is 219 Å². The minimum Gasteiger partial charge on any atom is -0.484 e. The van der Waals surface area contributed by atoms with Crippen LogP contribution in [0.15, 0.2) is 72.8 Å². The number of piperazine rings is 2. The fourth-order valence-electron chi connectivity index (χ4n) is 12.2. The second-order valence-corrected chi connectivity index (χ2v) is 21.5. The molecular weight excluding hydrogens is 985 g/mol. The summed E-state index contributed by atoms with van der Waals surface area (Å²) in [7, 11) is 0. The van der Waals surface area contributed by atoms with E-state index in [4.69, 9.17) is 9.47 Å². The number of nitrogens with zero attached hydrogens (tertiary/aromatic N) is 6. The van der Waals surface area contributed by atoms with Crippen LogP contribution in [0.1, 0.15) is 106 Å². The Morgan fingerprint density at radius 3 is 1.31 bits per heavy atom. The number of rotatable bonds is 19. The van der Waals surface area contributed by atoms with Crippen molar-refractivity contribution in [2.45, 2.75) is 102 Å². The molecule has 0 radical (unpaired) electrons. The average Bonchev–Trinajstić information content (AvgIpc) is 4.09. The number of amides is 6. The maximum absolute atomic E-state index is 13.3. The van der Waals surface area contributed by atoms with Crippen LogP contribution in [0.25, 0.3) is 0 Å². The molecule has 2 fully saturated rings. The largest absolute Gasteiger partial charge is 0.484 e. The van der Waals surface area contributed by atoms with Crippen LogP contribution in [-0.2, 0) is 48.4 Å². The summed E-state index contributed by atoms with van der Waals surface area (Å²) >= 11 is 0. The first-order valence-corrected chi connectivity index (χ1v) is 28.3. The van der Waals surface area contributed by atoms with E-state index in [1.165, 1.54) is 22.3 Å². The number of nitriles is 2. The number of carbonyl (C=O) groups excluding carboxylic acids is 4. The summed E-state index contributed by atoms with van der Waals surface area (Å²) in [4.78, 5) is 60.4. The zero-order valence-electron chi connectivity index (χ0n) is 44.8. The predicted octanol–water partition coefficient (Wildman–Crippen LogP) is 4.74. The highest BCUT2D eigenvalue weighted by molar-refractivity contribution is 5.78. The lowest BCUT2D eigenvalue weighted by atomic mass is 9.99. The second kappa shape index (κ2) is 26.0. The van der Waals surface area contributed by atoms with Crippen molar-refractivity contribution in [2.75, 3.05) is 91.6 Å². The molecule has 18 nitrogen and oxygen atoms in total. The van der Waals surface area contributed by atoms with Gasteiger partial charge in [-0.15, -0.1) is 0 Å². The zero-order valence-corrected chi connectivity index (χ0v) is 44.8.